The molecule has 0 aliphatic carbocycles. The van der Waals surface area contributed by atoms with Crippen LogP contribution in [0.4, 0.5) is 0 Å². The summed E-state index contributed by atoms with van der Waals surface area (Å²) in [6.45, 7) is 0. The molecule has 0 heterocycles. The van der Waals surface area contributed by atoms with Gasteiger partial charge in [-0.2, -0.15) is 0 Å². The van der Waals surface area contributed by atoms with Crippen molar-refractivity contribution in [2.45, 2.75) is 0 Å². The Kier molecular flexibility index (Phi) is 6.99. The van der Waals surface area contributed by atoms with Crippen molar-refractivity contribution in [1.82, 2.24) is 0 Å². The standard InChI is InChI=1S/C22H17Cl2O5P/c1-28-16-11-12-17(30(27)22(26)18-14(23)9-6-10-15(18)24)21(29-2)19(16)20(25)13-7-4-3-5-8-13/h3-12,30H,1-2H3. The summed E-state index contributed by atoms with van der Waals surface area (Å²) in [4.78, 5) is 26.1. The average Bonchev–Trinajstić information content (AvgIpc) is 2.77. The van der Waals surface area contributed by atoms with Gasteiger partial charge >= 0.3 is 0 Å². The van der Waals surface area contributed by atoms with Gasteiger partial charge in [-0.05, 0) is 24.3 Å². The molecule has 0 spiro atoms. The Hall–Kier alpha value is -2.59. The summed E-state index contributed by atoms with van der Waals surface area (Å²) in [7, 11) is -0.389. The van der Waals surface area contributed by atoms with Crippen molar-refractivity contribution in [3.05, 3.63) is 87.4 Å². The van der Waals surface area contributed by atoms with Gasteiger partial charge in [0.25, 0.3) is 0 Å². The molecule has 0 N–H and O–H groups in total. The maximum atomic E-state index is 13.2. The molecule has 0 aromatic heterocycles. The zero-order valence-corrected chi connectivity index (χ0v) is 18.6. The molecule has 0 aliphatic rings. The van der Waals surface area contributed by atoms with E-state index in [4.69, 9.17) is 32.7 Å². The Labute approximate surface area is 184 Å². The fraction of sp³-hybridized carbons (Fsp3) is 0.0909. The lowest BCUT2D eigenvalue weighted by Crippen LogP contribution is -2.15. The summed E-state index contributed by atoms with van der Waals surface area (Å²) in [6, 6.07) is 16.0. The zero-order chi connectivity index (χ0) is 21.8. The molecule has 8 heteroatoms. The summed E-state index contributed by atoms with van der Waals surface area (Å²) in [5, 5.41) is 0.279. The molecule has 3 aromatic rings. The van der Waals surface area contributed by atoms with Crippen LogP contribution in [0.5, 0.6) is 11.5 Å². The van der Waals surface area contributed by atoms with Crippen LogP contribution in [0.2, 0.25) is 10.0 Å². The van der Waals surface area contributed by atoms with Crippen LogP contribution in [0.3, 0.4) is 0 Å². The quantitative estimate of drug-likeness (QED) is 0.353. The predicted molar refractivity (Wildman–Crippen MR) is 119 cm³/mol. The first-order chi connectivity index (χ1) is 14.4. The second-order valence-corrected chi connectivity index (χ2v) is 8.64. The number of hydrogen-bond donors (Lipinski definition) is 0. The smallest absolute Gasteiger partial charge is 0.225 e. The number of halogens is 2. The van der Waals surface area contributed by atoms with Crippen LogP contribution in [0.15, 0.2) is 60.7 Å². The molecule has 154 valence electrons. The Morgan fingerprint density at radius 3 is 2.00 bits per heavy atom. The molecule has 0 bridgehead atoms. The first kappa shape index (κ1) is 22.1. The van der Waals surface area contributed by atoms with E-state index in [1.165, 1.54) is 38.5 Å². The largest absolute Gasteiger partial charge is 0.496 e. The number of benzene rings is 3. The Morgan fingerprint density at radius 1 is 0.800 bits per heavy atom. The van der Waals surface area contributed by atoms with Gasteiger partial charge in [0.15, 0.2) is 7.80 Å². The molecular weight excluding hydrogens is 446 g/mol. The summed E-state index contributed by atoms with van der Waals surface area (Å²) < 4.78 is 24.0. The van der Waals surface area contributed by atoms with Crippen molar-refractivity contribution in [2.24, 2.45) is 0 Å². The minimum absolute atomic E-state index is 0.0172. The highest BCUT2D eigenvalue weighted by Crippen LogP contribution is 2.40. The monoisotopic (exact) mass is 462 g/mol. The van der Waals surface area contributed by atoms with Gasteiger partial charge in [-0.15, -0.1) is 0 Å². The first-order valence-electron chi connectivity index (χ1n) is 8.78. The lowest BCUT2D eigenvalue weighted by atomic mass is 10.0. The van der Waals surface area contributed by atoms with Crippen LogP contribution in [0, 0.1) is 0 Å². The number of methoxy groups -OCH3 is 2. The second kappa shape index (κ2) is 9.48. The van der Waals surface area contributed by atoms with Gasteiger partial charge in [0.2, 0.25) is 11.3 Å². The molecule has 1 unspecified atom stereocenters. The number of carbonyl (C=O) groups excluding carboxylic acids is 2. The maximum absolute atomic E-state index is 13.2. The van der Waals surface area contributed by atoms with E-state index in [1.54, 1.807) is 36.4 Å². The molecule has 0 saturated carbocycles. The summed E-state index contributed by atoms with van der Waals surface area (Å²) in [5.41, 5.74) is -0.276. The molecule has 0 saturated heterocycles. The highest BCUT2D eigenvalue weighted by Gasteiger charge is 2.29. The highest BCUT2D eigenvalue weighted by molar-refractivity contribution is 7.71. The molecular formula is C22H17Cl2O5P. The van der Waals surface area contributed by atoms with Gasteiger partial charge in [-0.3, -0.25) is 9.59 Å². The van der Waals surface area contributed by atoms with Crippen LogP contribution in [0.1, 0.15) is 26.3 Å². The molecule has 3 rings (SSSR count). The number of rotatable bonds is 7. The SMILES string of the molecule is COc1ccc([PH](=O)C(=O)c2c(Cl)cccc2Cl)c(OC)c1C(=O)c1ccccc1. The Bertz CT molecular complexity index is 1130. The maximum Gasteiger partial charge on any atom is 0.225 e. The van der Waals surface area contributed by atoms with E-state index in [0.29, 0.717) is 5.56 Å². The lowest BCUT2D eigenvalue weighted by molar-refractivity contribution is 0.103. The van der Waals surface area contributed by atoms with E-state index >= 15 is 0 Å². The summed E-state index contributed by atoms with van der Waals surface area (Å²) in [5.74, 6) is -0.129. The number of ketones is 1. The van der Waals surface area contributed by atoms with E-state index in [0.717, 1.165) is 0 Å². The van der Waals surface area contributed by atoms with Crippen LogP contribution < -0.4 is 14.8 Å². The molecule has 1 atom stereocenters. The van der Waals surface area contributed by atoms with Crippen molar-refractivity contribution < 1.29 is 23.6 Å². The topological polar surface area (TPSA) is 69.7 Å². The zero-order valence-electron chi connectivity index (χ0n) is 16.1. The lowest BCUT2D eigenvalue weighted by Gasteiger charge is -2.16. The van der Waals surface area contributed by atoms with E-state index in [9.17, 15) is 14.2 Å². The van der Waals surface area contributed by atoms with Crippen molar-refractivity contribution in [3.63, 3.8) is 0 Å². The van der Waals surface area contributed by atoms with E-state index < -0.39 is 13.3 Å². The van der Waals surface area contributed by atoms with E-state index in [-0.39, 0.29) is 43.8 Å². The van der Waals surface area contributed by atoms with Crippen molar-refractivity contribution in [2.75, 3.05) is 14.2 Å². The minimum Gasteiger partial charge on any atom is -0.496 e. The Balaban J connectivity index is 2.16. The normalized spacial score (nSPS) is 11.6. The number of ether oxygens (including phenoxy) is 2. The fourth-order valence-electron chi connectivity index (χ4n) is 3.02. The number of carbonyl (C=O) groups is 2. The van der Waals surface area contributed by atoms with Gasteiger partial charge in [-0.25, -0.2) is 0 Å². The van der Waals surface area contributed by atoms with Crippen LogP contribution in [0.25, 0.3) is 0 Å². The van der Waals surface area contributed by atoms with Gasteiger partial charge in [0.05, 0.1) is 35.1 Å². The highest BCUT2D eigenvalue weighted by atomic mass is 35.5. The fourth-order valence-corrected chi connectivity index (χ4v) is 5.16. The first-order valence-corrected chi connectivity index (χ1v) is 10.9. The summed E-state index contributed by atoms with van der Waals surface area (Å²) >= 11 is 12.2. The molecule has 0 amide bonds. The Morgan fingerprint density at radius 2 is 1.43 bits per heavy atom. The average molecular weight is 463 g/mol. The van der Waals surface area contributed by atoms with Crippen molar-refractivity contribution in [3.8, 4) is 11.5 Å². The summed E-state index contributed by atoms with van der Waals surface area (Å²) in [6.07, 6.45) is 0. The van der Waals surface area contributed by atoms with Gasteiger partial charge < -0.3 is 14.0 Å². The third kappa shape index (κ3) is 4.15. The molecule has 0 radical (unpaired) electrons. The van der Waals surface area contributed by atoms with Crippen LogP contribution >= 0.6 is 31.0 Å². The van der Waals surface area contributed by atoms with Crippen LogP contribution in [-0.2, 0) is 4.57 Å². The van der Waals surface area contributed by atoms with Gasteiger partial charge in [0, 0.05) is 5.56 Å². The minimum atomic E-state index is -3.13. The molecule has 3 aromatic carbocycles. The van der Waals surface area contributed by atoms with Gasteiger partial charge in [0.1, 0.15) is 17.1 Å². The van der Waals surface area contributed by atoms with Gasteiger partial charge in [-0.1, -0.05) is 59.6 Å². The molecule has 5 nitrogen and oxygen atoms in total. The molecule has 0 aliphatic heterocycles. The van der Waals surface area contributed by atoms with Crippen molar-refractivity contribution in [1.29, 1.82) is 0 Å². The molecule has 0 fully saturated rings. The van der Waals surface area contributed by atoms with E-state index in [1.807, 2.05) is 0 Å². The predicted octanol–water partition coefficient (Wildman–Crippen LogP) is 5.27. The molecule has 30 heavy (non-hydrogen) atoms. The third-order valence-electron chi connectivity index (χ3n) is 4.45. The van der Waals surface area contributed by atoms with Crippen LogP contribution in [-0.4, -0.2) is 25.5 Å². The third-order valence-corrected chi connectivity index (χ3v) is 6.62. The van der Waals surface area contributed by atoms with Crippen molar-refractivity contribution >= 4 is 47.6 Å². The van der Waals surface area contributed by atoms with E-state index in [2.05, 4.69) is 0 Å². The number of hydrogen-bond acceptors (Lipinski definition) is 5. The second-order valence-electron chi connectivity index (χ2n) is 6.17.